The fourth-order valence-corrected chi connectivity index (χ4v) is 1.45. The molecular formula is C9H6ClN3O3. The van der Waals surface area contributed by atoms with Crippen molar-refractivity contribution in [2.24, 2.45) is 0 Å². The first-order valence-electron chi connectivity index (χ1n) is 4.32. The molecule has 82 valence electrons. The summed E-state index contributed by atoms with van der Waals surface area (Å²) in [6.07, 6.45) is 0. The Hall–Kier alpha value is -1.95. The van der Waals surface area contributed by atoms with Gasteiger partial charge in [0.05, 0.1) is 15.5 Å². The van der Waals surface area contributed by atoms with Crippen LogP contribution in [0.1, 0.15) is 5.82 Å². The van der Waals surface area contributed by atoms with E-state index in [4.69, 9.17) is 16.1 Å². The van der Waals surface area contributed by atoms with Crippen LogP contribution in [0.3, 0.4) is 0 Å². The third-order valence-electron chi connectivity index (χ3n) is 1.92. The highest BCUT2D eigenvalue weighted by Crippen LogP contribution is 2.29. The molecule has 0 aliphatic rings. The maximum Gasteiger partial charge on any atom is 0.270 e. The lowest BCUT2D eigenvalue weighted by Gasteiger charge is -1.97. The predicted octanol–water partition coefficient (Wildman–Crippen LogP) is 2.61. The van der Waals surface area contributed by atoms with Crippen LogP contribution in [0.4, 0.5) is 5.69 Å². The van der Waals surface area contributed by atoms with E-state index < -0.39 is 4.92 Å². The molecule has 0 atom stereocenters. The standard InChI is InChI=1S/C9H6ClN3O3/c1-5-11-9(16-12-5)7-3-2-6(13(14)15)4-8(7)10/h2-4H,1H3. The summed E-state index contributed by atoms with van der Waals surface area (Å²) in [5, 5.41) is 14.3. The van der Waals surface area contributed by atoms with Crippen LogP contribution in [0.5, 0.6) is 0 Å². The third kappa shape index (κ3) is 1.87. The number of non-ortho nitro benzene ring substituents is 1. The average Bonchev–Trinajstić information content (AvgIpc) is 2.64. The molecule has 0 aliphatic carbocycles. The van der Waals surface area contributed by atoms with Crippen molar-refractivity contribution in [1.29, 1.82) is 0 Å². The van der Waals surface area contributed by atoms with Crippen molar-refractivity contribution < 1.29 is 9.45 Å². The molecule has 0 spiro atoms. The number of nitrogens with zero attached hydrogens (tertiary/aromatic N) is 3. The maximum absolute atomic E-state index is 10.5. The molecule has 0 saturated carbocycles. The van der Waals surface area contributed by atoms with Crippen molar-refractivity contribution >= 4 is 17.3 Å². The molecule has 0 bridgehead atoms. The monoisotopic (exact) mass is 239 g/mol. The highest BCUT2D eigenvalue weighted by molar-refractivity contribution is 6.33. The van der Waals surface area contributed by atoms with Gasteiger partial charge in [0.2, 0.25) is 0 Å². The molecule has 1 aromatic heterocycles. The van der Waals surface area contributed by atoms with Gasteiger partial charge in [0, 0.05) is 12.1 Å². The lowest BCUT2D eigenvalue weighted by Crippen LogP contribution is -1.88. The highest BCUT2D eigenvalue weighted by Gasteiger charge is 2.14. The molecule has 0 radical (unpaired) electrons. The molecule has 0 saturated heterocycles. The summed E-state index contributed by atoms with van der Waals surface area (Å²) in [6, 6.07) is 4.06. The molecule has 1 heterocycles. The summed E-state index contributed by atoms with van der Waals surface area (Å²) in [7, 11) is 0. The van der Waals surface area contributed by atoms with Crippen LogP contribution in [0, 0.1) is 17.0 Å². The Balaban J connectivity index is 2.47. The fourth-order valence-electron chi connectivity index (χ4n) is 1.20. The topological polar surface area (TPSA) is 82.1 Å². The Kier molecular flexibility index (Phi) is 2.57. The van der Waals surface area contributed by atoms with Gasteiger partial charge in [0.25, 0.3) is 11.6 Å². The van der Waals surface area contributed by atoms with E-state index in [2.05, 4.69) is 10.1 Å². The second-order valence-electron chi connectivity index (χ2n) is 3.07. The summed E-state index contributed by atoms with van der Waals surface area (Å²) in [5.41, 5.74) is 0.401. The lowest BCUT2D eigenvalue weighted by atomic mass is 10.2. The van der Waals surface area contributed by atoms with Gasteiger partial charge in [-0.2, -0.15) is 4.98 Å². The van der Waals surface area contributed by atoms with Gasteiger partial charge in [-0.15, -0.1) is 0 Å². The van der Waals surface area contributed by atoms with Crippen LogP contribution in [0.2, 0.25) is 5.02 Å². The van der Waals surface area contributed by atoms with Crippen LogP contribution < -0.4 is 0 Å². The van der Waals surface area contributed by atoms with Gasteiger partial charge in [0.15, 0.2) is 5.82 Å². The van der Waals surface area contributed by atoms with Gasteiger partial charge in [-0.1, -0.05) is 16.8 Å². The number of aryl methyl sites for hydroxylation is 1. The van der Waals surface area contributed by atoms with Crippen molar-refractivity contribution in [3.8, 4) is 11.5 Å². The number of aromatic nitrogens is 2. The van der Waals surface area contributed by atoms with Crippen LogP contribution in [-0.4, -0.2) is 15.1 Å². The van der Waals surface area contributed by atoms with Crippen LogP contribution >= 0.6 is 11.6 Å². The smallest absolute Gasteiger partial charge is 0.270 e. The van der Waals surface area contributed by atoms with Crippen molar-refractivity contribution in [3.63, 3.8) is 0 Å². The van der Waals surface area contributed by atoms with Crippen molar-refractivity contribution in [2.75, 3.05) is 0 Å². The number of nitro groups is 1. The van der Waals surface area contributed by atoms with Gasteiger partial charge < -0.3 is 4.52 Å². The molecule has 0 fully saturated rings. The van der Waals surface area contributed by atoms with Crippen LogP contribution in [0.25, 0.3) is 11.5 Å². The van der Waals surface area contributed by atoms with E-state index in [0.29, 0.717) is 11.4 Å². The first-order chi connectivity index (χ1) is 7.58. The summed E-state index contributed by atoms with van der Waals surface area (Å²) in [6.45, 7) is 1.67. The number of benzene rings is 1. The van der Waals surface area contributed by atoms with Gasteiger partial charge in [-0.3, -0.25) is 10.1 Å². The zero-order chi connectivity index (χ0) is 11.7. The minimum atomic E-state index is -0.519. The number of rotatable bonds is 2. The van der Waals surface area contributed by atoms with Gasteiger partial charge in [-0.25, -0.2) is 0 Å². The zero-order valence-electron chi connectivity index (χ0n) is 8.18. The molecule has 16 heavy (non-hydrogen) atoms. The van der Waals surface area contributed by atoms with E-state index in [1.165, 1.54) is 18.2 Å². The van der Waals surface area contributed by atoms with Crippen molar-refractivity contribution in [1.82, 2.24) is 10.1 Å². The average molecular weight is 240 g/mol. The molecule has 6 nitrogen and oxygen atoms in total. The number of hydrogen-bond donors (Lipinski definition) is 0. The maximum atomic E-state index is 10.5. The molecule has 2 rings (SSSR count). The quantitative estimate of drug-likeness (QED) is 0.594. The minimum Gasteiger partial charge on any atom is -0.334 e. The van der Waals surface area contributed by atoms with Gasteiger partial charge in [0.1, 0.15) is 0 Å². The molecular weight excluding hydrogens is 234 g/mol. The summed E-state index contributed by atoms with van der Waals surface area (Å²) < 4.78 is 4.92. The number of hydrogen-bond acceptors (Lipinski definition) is 5. The van der Waals surface area contributed by atoms with Gasteiger partial charge >= 0.3 is 0 Å². The van der Waals surface area contributed by atoms with Crippen molar-refractivity contribution in [2.45, 2.75) is 6.92 Å². The number of halogens is 1. The van der Waals surface area contributed by atoms with Crippen LogP contribution in [-0.2, 0) is 0 Å². The van der Waals surface area contributed by atoms with E-state index in [1.54, 1.807) is 6.92 Å². The lowest BCUT2D eigenvalue weighted by molar-refractivity contribution is -0.384. The predicted molar refractivity (Wildman–Crippen MR) is 56.1 cm³/mol. The SMILES string of the molecule is Cc1noc(-c2ccc([N+](=O)[O-])cc2Cl)n1. The molecule has 0 amide bonds. The van der Waals surface area contributed by atoms with Crippen molar-refractivity contribution in [3.05, 3.63) is 39.2 Å². The second-order valence-corrected chi connectivity index (χ2v) is 3.48. The first-order valence-corrected chi connectivity index (χ1v) is 4.70. The third-order valence-corrected chi connectivity index (χ3v) is 2.23. The van der Waals surface area contributed by atoms with E-state index >= 15 is 0 Å². The van der Waals surface area contributed by atoms with E-state index in [-0.39, 0.29) is 16.6 Å². The van der Waals surface area contributed by atoms with E-state index in [0.717, 1.165) is 0 Å². The molecule has 0 aliphatic heterocycles. The van der Waals surface area contributed by atoms with Gasteiger partial charge in [-0.05, 0) is 13.0 Å². The second kappa shape index (κ2) is 3.90. The Morgan fingerprint density at radius 3 is 2.75 bits per heavy atom. The molecule has 7 heteroatoms. The number of nitro benzene ring substituents is 1. The Bertz CT molecular complexity index is 553. The summed E-state index contributed by atoms with van der Waals surface area (Å²) in [5.74, 6) is 0.724. The minimum absolute atomic E-state index is 0.0787. The molecule has 1 aromatic carbocycles. The Morgan fingerprint density at radius 2 is 2.25 bits per heavy atom. The van der Waals surface area contributed by atoms with Crippen LogP contribution in [0.15, 0.2) is 22.7 Å². The largest absolute Gasteiger partial charge is 0.334 e. The Labute approximate surface area is 95.0 Å². The fraction of sp³-hybridized carbons (Fsp3) is 0.111. The molecule has 2 aromatic rings. The highest BCUT2D eigenvalue weighted by atomic mass is 35.5. The normalized spacial score (nSPS) is 10.4. The molecule has 0 N–H and O–H groups in total. The summed E-state index contributed by atoms with van der Waals surface area (Å²) >= 11 is 5.89. The van der Waals surface area contributed by atoms with E-state index in [9.17, 15) is 10.1 Å². The summed E-state index contributed by atoms with van der Waals surface area (Å²) in [4.78, 5) is 14.0. The molecule has 0 unspecified atom stereocenters. The zero-order valence-corrected chi connectivity index (χ0v) is 8.93. The first kappa shape index (κ1) is 10.6. The Morgan fingerprint density at radius 1 is 1.50 bits per heavy atom. The van der Waals surface area contributed by atoms with E-state index in [1.807, 2.05) is 0 Å².